The third-order valence-corrected chi connectivity index (χ3v) is 5.62. The molecule has 1 aromatic carbocycles. The molecule has 134 valence electrons. The Bertz CT molecular complexity index is 953. The van der Waals surface area contributed by atoms with Crippen LogP contribution in [0.3, 0.4) is 0 Å². The van der Waals surface area contributed by atoms with Crippen LogP contribution < -0.4 is 0 Å². The van der Waals surface area contributed by atoms with Crippen LogP contribution in [0.15, 0.2) is 35.0 Å². The first-order chi connectivity index (χ1) is 12.8. The van der Waals surface area contributed by atoms with Gasteiger partial charge in [-0.15, -0.1) is 0 Å². The Morgan fingerprint density at radius 2 is 2.12 bits per heavy atom. The van der Waals surface area contributed by atoms with Gasteiger partial charge in [0.15, 0.2) is 5.58 Å². The van der Waals surface area contributed by atoms with Crippen LogP contribution in [0.4, 0.5) is 0 Å². The normalized spacial score (nSPS) is 19.0. The quantitative estimate of drug-likeness (QED) is 0.764. The van der Waals surface area contributed by atoms with Crippen LogP contribution in [-0.4, -0.2) is 45.9 Å². The van der Waals surface area contributed by atoms with Gasteiger partial charge in [0.2, 0.25) is 5.91 Å². The van der Waals surface area contributed by atoms with Gasteiger partial charge in [0.1, 0.15) is 11.3 Å². The summed E-state index contributed by atoms with van der Waals surface area (Å²) in [7, 11) is 0. The van der Waals surface area contributed by atoms with Gasteiger partial charge in [-0.25, -0.2) is 0 Å². The maximum atomic E-state index is 12.8. The highest BCUT2D eigenvalue weighted by atomic mass is 16.5. The van der Waals surface area contributed by atoms with Crippen LogP contribution >= 0.6 is 0 Å². The molecule has 0 radical (unpaired) electrons. The van der Waals surface area contributed by atoms with Crippen molar-refractivity contribution < 1.29 is 14.1 Å². The molecule has 5 rings (SSSR count). The SMILES string of the molecule is O=C(Cc1noc2ccccc12)N1CCC2(CC1)OCCc1cn[nH]c12. The van der Waals surface area contributed by atoms with E-state index in [0.29, 0.717) is 25.4 Å². The van der Waals surface area contributed by atoms with E-state index in [1.165, 1.54) is 5.56 Å². The van der Waals surface area contributed by atoms with Gasteiger partial charge in [-0.2, -0.15) is 5.10 Å². The minimum atomic E-state index is -0.318. The van der Waals surface area contributed by atoms with E-state index >= 15 is 0 Å². The lowest BCUT2D eigenvalue weighted by molar-refractivity contribution is -0.140. The van der Waals surface area contributed by atoms with Crippen LogP contribution in [0.5, 0.6) is 0 Å². The fourth-order valence-electron chi connectivity index (χ4n) is 4.16. The van der Waals surface area contributed by atoms with Crippen molar-refractivity contribution in [1.82, 2.24) is 20.3 Å². The Labute approximate surface area is 150 Å². The first kappa shape index (κ1) is 15.6. The van der Waals surface area contributed by atoms with Crippen molar-refractivity contribution in [2.24, 2.45) is 0 Å². The highest BCUT2D eigenvalue weighted by Crippen LogP contribution is 2.40. The molecule has 3 aromatic rings. The Morgan fingerprint density at radius 3 is 3.00 bits per heavy atom. The lowest BCUT2D eigenvalue weighted by Gasteiger charge is -2.43. The van der Waals surface area contributed by atoms with E-state index in [0.717, 1.165) is 35.9 Å². The molecule has 0 saturated carbocycles. The van der Waals surface area contributed by atoms with E-state index in [2.05, 4.69) is 15.4 Å². The Hall–Kier alpha value is -2.67. The van der Waals surface area contributed by atoms with Gasteiger partial charge in [-0.3, -0.25) is 9.89 Å². The van der Waals surface area contributed by atoms with Crippen molar-refractivity contribution in [3.63, 3.8) is 0 Å². The van der Waals surface area contributed by atoms with Crippen molar-refractivity contribution in [3.05, 3.63) is 47.4 Å². The third kappa shape index (κ3) is 2.42. The summed E-state index contributed by atoms with van der Waals surface area (Å²) in [6.45, 7) is 2.06. The molecule has 26 heavy (non-hydrogen) atoms. The van der Waals surface area contributed by atoms with E-state index < -0.39 is 0 Å². The zero-order valence-corrected chi connectivity index (χ0v) is 14.4. The number of piperidine rings is 1. The van der Waals surface area contributed by atoms with Crippen LogP contribution in [0.1, 0.15) is 29.8 Å². The maximum Gasteiger partial charge on any atom is 0.228 e. The van der Waals surface area contributed by atoms with Crippen molar-refractivity contribution in [2.45, 2.75) is 31.3 Å². The molecule has 1 saturated heterocycles. The maximum absolute atomic E-state index is 12.8. The number of amides is 1. The van der Waals surface area contributed by atoms with E-state index in [1.807, 2.05) is 35.4 Å². The summed E-state index contributed by atoms with van der Waals surface area (Å²) in [5, 5.41) is 12.3. The molecule has 1 N–H and O–H groups in total. The molecule has 7 heteroatoms. The molecule has 7 nitrogen and oxygen atoms in total. The average molecular weight is 352 g/mol. The third-order valence-electron chi connectivity index (χ3n) is 5.62. The van der Waals surface area contributed by atoms with Gasteiger partial charge in [0, 0.05) is 18.5 Å². The average Bonchev–Trinajstić information content (AvgIpc) is 3.31. The molecular weight excluding hydrogens is 332 g/mol. The number of likely N-dealkylation sites (tertiary alicyclic amines) is 1. The van der Waals surface area contributed by atoms with Gasteiger partial charge in [-0.1, -0.05) is 17.3 Å². The second-order valence-electron chi connectivity index (χ2n) is 7.05. The molecule has 2 aliphatic rings. The molecule has 0 atom stereocenters. The number of aromatic amines is 1. The molecule has 0 unspecified atom stereocenters. The van der Waals surface area contributed by atoms with E-state index in [9.17, 15) is 4.79 Å². The van der Waals surface area contributed by atoms with Gasteiger partial charge >= 0.3 is 0 Å². The second-order valence-corrected chi connectivity index (χ2v) is 7.05. The summed E-state index contributed by atoms with van der Waals surface area (Å²) in [5.41, 5.74) is 3.44. The van der Waals surface area contributed by atoms with Crippen molar-refractivity contribution >= 4 is 16.9 Å². The number of nitrogens with zero attached hydrogens (tertiary/aromatic N) is 3. The standard InChI is InChI=1S/C19H20N4O3/c24-17(11-15-14-3-1-2-4-16(14)26-22-15)23-8-6-19(7-9-23)18-13(5-10-25-19)12-20-21-18/h1-4,12H,5-11H2,(H,20,21). The number of carbonyl (C=O) groups is 1. The van der Waals surface area contributed by atoms with Crippen molar-refractivity contribution in [3.8, 4) is 0 Å². The van der Waals surface area contributed by atoms with Gasteiger partial charge in [0.05, 0.1) is 24.9 Å². The molecule has 2 aliphatic heterocycles. The molecule has 1 fully saturated rings. The molecular formula is C19H20N4O3. The molecule has 2 aromatic heterocycles. The van der Waals surface area contributed by atoms with Crippen LogP contribution in [0.2, 0.25) is 0 Å². The molecule has 0 aliphatic carbocycles. The van der Waals surface area contributed by atoms with Gasteiger partial charge in [0.25, 0.3) is 0 Å². The van der Waals surface area contributed by atoms with E-state index in [4.69, 9.17) is 9.26 Å². The number of para-hydroxylation sites is 1. The molecule has 1 spiro atoms. The zero-order chi connectivity index (χ0) is 17.6. The summed E-state index contributed by atoms with van der Waals surface area (Å²) in [6, 6.07) is 7.64. The zero-order valence-electron chi connectivity index (χ0n) is 14.4. The Morgan fingerprint density at radius 1 is 1.27 bits per heavy atom. The first-order valence-electron chi connectivity index (χ1n) is 9.03. The van der Waals surface area contributed by atoms with Gasteiger partial charge < -0.3 is 14.2 Å². The number of hydrogen-bond donors (Lipinski definition) is 1. The minimum Gasteiger partial charge on any atom is -0.368 e. The number of hydrogen-bond acceptors (Lipinski definition) is 5. The monoisotopic (exact) mass is 352 g/mol. The predicted octanol–water partition coefficient (Wildman–Crippen LogP) is 2.18. The number of rotatable bonds is 2. The summed E-state index contributed by atoms with van der Waals surface area (Å²) >= 11 is 0. The number of H-pyrrole nitrogens is 1. The highest BCUT2D eigenvalue weighted by Gasteiger charge is 2.43. The van der Waals surface area contributed by atoms with Gasteiger partial charge in [-0.05, 0) is 37.0 Å². The number of aromatic nitrogens is 3. The Kier molecular flexibility index (Phi) is 3.56. The molecule has 4 heterocycles. The van der Waals surface area contributed by atoms with Crippen LogP contribution in [0.25, 0.3) is 11.0 Å². The minimum absolute atomic E-state index is 0.0829. The smallest absolute Gasteiger partial charge is 0.228 e. The summed E-state index contributed by atoms with van der Waals surface area (Å²) in [5.74, 6) is 0.0829. The van der Waals surface area contributed by atoms with Crippen LogP contribution in [-0.2, 0) is 28.0 Å². The highest BCUT2D eigenvalue weighted by molar-refractivity contribution is 5.86. The number of nitrogens with one attached hydrogen (secondary N) is 1. The number of carbonyl (C=O) groups excluding carboxylic acids is 1. The lowest BCUT2D eigenvalue weighted by Crippen LogP contribution is -2.48. The van der Waals surface area contributed by atoms with Crippen LogP contribution in [0, 0.1) is 0 Å². The van der Waals surface area contributed by atoms with E-state index in [1.54, 1.807) is 0 Å². The molecule has 1 amide bonds. The Balaban J connectivity index is 1.30. The fourth-order valence-corrected chi connectivity index (χ4v) is 4.16. The van der Waals surface area contributed by atoms with E-state index in [-0.39, 0.29) is 17.9 Å². The first-order valence-corrected chi connectivity index (χ1v) is 9.03. The second kappa shape index (κ2) is 5.95. The lowest BCUT2D eigenvalue weighted by atomic mass is 9.83. The molecule has 0 bridgehead atoms. The largest absolute Gasteiger partial charge is 0.368 e. The topological polar surface area (TPSA) is 84.2 Å². The number of ether oxygens (including phenoxy) is 1. The predicted molar refractivity (Wildman–Crippen MR) is 93.4 cm³/mol. The van der Waals surface area contributed by atoms with Crippen molar-refractivity contribution in [1.29, 1.82) is 0 Å². The summed E-state index contributed by atoms with van der Waals surface area (Å²) < 4.78 is 11.5. The fraction of sp³-hybridized carbons (Fsp3) is 0.421. The van der Waals surface area contributed by atoms with Crippen molar-refractivity contribution in [2.75, 3.05) is 19.7 Å². The number of fused-ring (bicyclic) bond motifs is 3. The number of benzene rings is 1. The summed E-state index contributed by atoms with van der Waals surface area (Å²) in [4.78, 5) is 14.7. The summed E-state index contributed by atoms with van der Waals surface area (Å²) in [6.07, 6.45) is 4.63.